The van der Waals surface area contributed by atoms with E-state index in [1.807, 2.05) is 0 Å². The molecule has 0 unspecified atom stereocenters. The second kappa shape index (κ2) is 9.64. The van der Waals surface area contributed by atoms with Crippen molar-refractivity contribution in [1.29, 1.82) is 0 Å². The highest BCUT2D eigenvalue weighted by Crippen LogP contribution is 2.23. The third-order valence-electron chi connectivity index (χ3n) is 5.67. The molecule has 1 aliphatic heterocycles. The maximum Gasteiger partial charge on any atom is 0.315 e. The van der Waals surface area contributed by atoms with Gasteiger partial charge in [-0.25, -0.2) is 4.79 Å². The predicted molar refractivity (Wildman–Crippen MR) is 107 cm³/mol. The van der Waals surface area contributed by atoms with E-state index in [1.54, 1.807) is 6.07 Å². The molecule has 10 heteroatoms. The summed E-state index contributed by atoms with van der Waals surface area (Å²) in [7, 11) is 1.44. The third-order valence-corrected chi connectivity index (χ3v) is 5.67. The number of primary amides is 1. The minimum absolute atomic E-state index is 0.109. The SMILES string of the molecule is CN(CC(N)=O)C(=O)[C@@H]1[C@@H](NC(=O)NC2CCCCC2)CCN1C(=O)c1ccco1. The first-order chi connectivity index (χ1) is 14.4. The van der Waals surface area contributed by atoms with Crippen molar-refractivity contribution in [2.75, 3.05) is 20.1 Å². The molecule has 3 rings (SSSR count). The number of hydrogen-bond acceptors (Lipinski definition) is 5. The first kappa shape index (κ1) is 21.7. The lowest BCUT2D eigenvalue weighted by atomic mass is 9.96. The van der Waals surface area contributed by atoms with Crippen molar-refractivity contribution < 1.29 is 23.6 Å². The van der Waals surface area contributed by atoms with Gasteiger partial charge < -0.3 is 30.6 Å². The number of nitrogens with two attached hydrogens (primary N) is 1. The Bertz CT molecular complexity index is 775. The van der Waals surface area contributed by atoms with E-state index in [0.717, 1.165) is 25.7 Å². The molecule has 1 aliphatic carbocycles. The van der Waals surface area contributed by atoms with Crippen LogP contribution in [0.2, 0.25) is 0 Å². The van der Waals surface area contributed by atoms with Crippen LogP contribution in [0.4, 0.5) is 4.79 Å². The van der Waals surface area contributed by atoms with Crippen LogP contribution < -0.4 is 16.4 Å². The molecule has 1 saturated heterocycles. The smallest absolute Gasteiger partial charge is 0.315 e. The molecule has 4 N–H and O–H groups in total. The van der Waals surface area contributed by atoms with Crippen molar-refractivity contribution in [3.63, 3.8) is 0 Å². The zero-order valence-corrected chi connectivity index (χ0v) is 17.1. The van der Waals surface area contributed by atoms with Crippen LogP contribution >= 0.6 is 0 Å². The number of likely N-dealkylation sites (tertiary alicyclic amines) is 1. The Balaban J connectivity index is 1.73. The molecule has 1 aromatic heterocycles. The minimum atomic E-state index is -0.955. The van der Waals surface area contributed by atoms with Gasteiger partial charge in [-0.1, -0.05) is 19.3 Å². The first-order valence-electron chi connectivity index (χ1n) is 10.3. The number of amides is 5. The van der Waals surface area contributed by atoms with E-state index in [1.165, 1.54) is 35.6 Å². The molecule has 5 amide bonds. The zero-order chi connectivity index (χ0) is 21.7. The van der Waals surface area contributed by atoms with E-state index in [0.29, 0.717) is 6.42 Å². The topological polar surface area (TPSA) is 138 Å². The summed E-state index contributed by atoms with van der Waals surface area (Å²) >= 11 is 0. The van der Waals surface area contributed by atoms with Gasteiger partial charge in [-0.05, 0) is 31.4 Å². The fourth-order valence-electron chi connectivity index (χ4n) is 4.20. The normalized spacial score (nSPS) is 21.8. The van der Waals surface area contributed by atoms with Crippen LogP contribution in [0.15, 0.2) is 22.8 Å². The number of urea groups is 1. The summed E-state index contributed by atoms with van der Waals surface area (Å²) in [6.45, 7) is -0.00612. The quantitative estimate of drug-likeness (QED) is 0.614. The van der Waals surface area contributed by atoms with Gasteiger partial charge >= 0.3 is 6.03 Å². The van der Waals surface area contributed by atoms with E-state index in [-0.39, 0.29) is 30.9 Å². The molecule has 2 aliphatic rings. The van der Waals surface area contributed by atoms with Crippen LogP contribution in [0.1, 0.15) is 49.1 Å². The molecule has 1 aromatic rings. The number of carbonyl (C=O) groups excluding carboxylic acids is 4. The summed E-state index contributed by atoms with van der Waals surface area (Å²) in [6, 6.07) is 1.34. The van der Waals surface area contributed by atoms with Gasteiger partial charge in [0.25, 0.3) is 5.91 Å². The van der Waals surface area contributed by atoms with Crippen molar-refractivity contribution in [1.82, 2.24) is 20.4 Å². The molecule has 30 heavy (non-hydrogen) atoms. The standard InChI is InChI=1S/C20H29N5O5/c1-24(12-16(21)26)19(28)17-14(23-20(29)22-13-6-3-2-4-7-13)9-10-25(17)18(27)15-8-5-11-30-15/h5,8,11,13-14,17H,2-4,6-7,9-10,12H2,1H3,(H2,21,26)(H2,22,23,29)/t14-,17-/m0/s1. The highest BCUT2D eigenvalue weighted by molar-refractivity contribution is 5.97. The number of carbonyl (C=O) groups is 4. The summed E-state index contributed by atoms with van der Waals surface area (Å²) in [5.41, 5.74) is 5.21. The zero-order valence-electron chi connectivity index (χ0n) is 17.1. The molecular weight excluding hydrogens is 390 g/mol. The summed E-state index contributed by atoms with van der Waals surface area (Å²) in [5, 5.41) is 5.82. The largest absolute Gasteiger partial charge is 0.459 e. The van der Waals surface area contributed by atoms with Crippen molar-refractivity contribution >= 4 is 23.8 Å². The molecule has 2 fully saturated rings. The second-order valence-electron chi connectivity index (χ2n) is 7.93. The summed E-state index contributed by atoms with van der Waals surface area (Å²) < 4.78 is 5.19. The molecule has 10 nitrogen and oxygen atoms in total. The van der Waals surface area contributed by atoms with Gasteiger partial charge in [-0.15, -0.1) is 0 Å². The van der Waals surface area contributed by atoms with Gasteiger partial charge in [0.1, 0.15) is 6.04 Å². The maximum absolute atomic E-state index is 13.1. The van der Waals surface area contributed by atoms with Crippen molar-refractivity contribution in [2.45, 2.75) is 56.7 Å². The van der Waals surface area contributed by atoms with Gasteiger partial charge in [0.2, 0.25) is 11.8 Å². The summed E-state index contributed by atoms with van der Waals surface area (Å²) in [5.74, 6) is -1.46. The van der Waals surface area contributed by atoms with Gasteiger partial charge in [-0.2, -0.15) is 0 Å². The van der Waals surface area contributed by atoms with Crippen LogP contribution in [-0.4, -0.2) is 71.8 Å². The highest BCUT2D eigenvalue weighted by atomic mass is 16.3. The molecule has 0 radical (unpaired) electrons. The van der Waals surface area contributed by atoms with Gasteiger partial charge in [0.15, 0.2) is 5.76 Å². The summed E-state index contributed by atoms with van der Waals surface area (Å²) in [6.07, 6.45) is 7.00. The Hall–Kier alpha value is -3.04. The van der Waals surface area contributed by atoms with Gasteiger partial charge in [0, 0.05) is 19.6 Å². The Morgan fingerprint density at radius 2 is 1.90 bits per heavy atom. The van der Waals surface area contributed by atoms with Crippen LogP contribution in [0.3, 0.4) is 0 Å². The van der Waals surface area contributed by atoms with E-state index < -0.39 is 29.8 Å². The fraction of sp³-hybridized carbons (Fsp3) is 0.600. The Morgan fingerprint density at radius 1 is 1.17 bits per heavy atom. The fourth-order valence-corrected chi connectivity index (χ4v) is 4.20. The first-order valence-corrected chi connectivity index (χ1v) is 10.3. The van der Waals surface area contributed by atoms with Crippen LogP contribution in [0, 0.1) is 0 Å². The second-order valence-corrected chi connectivity index (χ2v) is 7.93. The number of furan rings is 1. The monoisotopic (exact) mass is 419 g/mol. The highest BCUT2D eigenvalue weighted by Gasteiger charge is 2.44. The molecule has 0 bridgehead atoms. The van der Waals surface area contributed by atoms with Crippen molar-refractivity contribution in [3.05, 3.63) is 24.2 Å². The number of likely N-dealkylation sites (N-methyl/N-ethyl adjacent to an activating group) is 1. The lowest BCUT2D eigenvalue weighted by Crippen LogP contribution is -2.57. The van der Waals surface area contributed by atoms with Gasteiger partial charge in [0.05, 0.1) is 18.8 Å². The van der Waals surface area contributed by atoms with E-state index in [9.17, 15) is 19.2 Å². The molecule has 0 aromatic carbocycles. The van der Waals surface area contributed by atoms with Crippen LogP contribution in [0.25, 0.3) is 0 Å². The Kier molecular flexibility index (Phi) is 6.96. The van der Waals surface area contributed by atoms with E-state index >= 15 is 0 Å². The number of nitrogens with zero attached hydrogens (tertiary/aromatic N) is 2. The third kappa shape index (κ3) is 5.11. The number of rotatable bonds is 6. The maximum atomic E-state index is 13.1. The minimum Gasteiger partial charge on any atom is -0.459 e. The van der Waals surface area contributed by atoms with Crippen molar-refractivity contribution in [3.8, 4) is 0 Å². The average molecular weight is 419 g/mol. The molecule has 1 saturated carbocycles. The molecule has 2 heterocycles. The Labute approximate surface area is 175 Å². The predicted octanol–water partition coefficient (Wildman–Crippen LogP) is 0.438. The molecule has 0 spiro atoms. The average Bonchev–Trinajstić information content (AvgIpc) is 3.37. The van der Waals surface area contributed by atoms with E-state index in [4.69, 9.17) is 10.2 Å². The number of hydrogen-bond donors (Lipinski definition) is 3. The molecule has 164 valence electrons. The molecular formula is C20H29N5O5. The number of nitrogens with one attached hydrogen (secondary N) is 2. The lowest BCUT2D eigenvalue weighted by molar-refractivity contribution is -0.137. The Morgan fingerprint density at radius 3 is 2.53 bits per heavy atom. The molecule has 2 atom stereocenters. The summed E-state index contributed by atoms with van der Waals surface area (Å²) in [4.78, 5) is 52.3. The lowest BCUT2D eigenvalue weighted by Gasteiger charge is -2.31. The van der Waals surface area contributed by atoms with Crippen LogP contribution in [-0.2, 0) is 9.59 Å². The van der Waals surface area contributed by atoms with Gasteiger partial charge in [-0.3, -0.25) is 14.4 Å². The van der Waals surface area contributed by atoms with Crippen molar-refractivity contribution in [2.24, 2.45) is 5.73 Å². The van der Waals surface area contributed by atoms with Crippen LogP contribution in [0.5, 0.6) is 0 Å². The van der Waals surface area contributed by atoms with E-state index in [2.05, 4.69) is 10.6 Å².